The molecule has 2 aromatic carbocycles. The lowest BCUT2D eigenvalue weighted by atomic mass is 9.65. The first-order chi connectivity index (χ1) is 12.7. The molecule has 0 radical (unpaired) electrons. The van der Waals surface area contributed by atoms with Crippen LogP contribution in [0.2, 0.25) is 0 Å². The molecule has 1 fully saturated rings. The van der Waals surface area contributed by atoms with E-state index in [1.807, 2.05) is 12.1 Å². The van der Waals surface area contributed by atoms with Crippen molar-refractivity contribution >= 4 is 5.78 Å². The number of hydrogen-bond acceptors (Lipinski definition) is 3. The lowest BCUT2D eigenvalue weighted by Gasteiger charge is -2.43. The normalized spacial score (nSPS) is 19.3. The average molecular weight is 349 g/mol. The van der Waals surface area contributed by atoms with Crippen LogP contribution in [0.3, 0.4) is 0 Å². The van der Waals surface area contributed by atoms with Crippen LogP contribution in [0.15, 0.2) is 48.5 Å². The molecule has 0 unspecified atom stereocenters. The Morgan fingerprint density at radius 1 is 1.04 bits per heavy atom. The quantitative estimate of drug-likeness (QED) is 0.830. The number of carbonyl (C=O) groups is 1. The van der Waals surface area contributed by atoms with Gasteiger partial charge >= 0.3 is 0 Å². The van der Waals surface area contributed by atoms with Crippen molar-refractivity contribution in [1.29, 1.82) is 0 Å². The van der Waals surface area contributed by atoms with E-state index in [-0.39, 0.29) is 5.41 Å². The maximum atomic E-state index is 13.3. The third-order valence-electron chi connectivity index (χ3n) is 6.29. The monoisotopic (exact) mass is 349 g/mol. The summed E-state index contributed by atoms with van der Waals surface area (Å²) in [6.07, 6.45) is 5.06. The zero-order valence-corrected chi connectivity index (χ0v) is 15.5. The highest BCUT2D eigenvalue weighted by atomic mass is 16.5. The standard InChI is InChI=1S/C23H27NO2/c1-26-20-8-7-19-9-11-23(22(25)21(19)17-20)12-15-24(16-13-23)14-10-18-5-3-2-4-6-18/h2-8,17H,9-16H2,1H3. The molecule has 1 saturated heterocycles. The second-order valence-corrected chi connectivity index (χ2v) is 7.71. The summed E-state index contributed by atoms with van der Waals surface area (Å²) in [5.74, 6) is 1.13. The molecule has 1 aliphatic carbocycles. The van der Waals surface area contributed by atoms with Gasteiger partial charge in [-0.25, -0.2) is 0 Å². The Kier molecular flexibility index (Phi) is 4.82. The van der Waals surface area contributed by atoms with Crippen LogP contribution >= 0.6 is 0 Å². The summed E-state index contributed by atoms with van der Waals surface area (Å²) in [6, 6.07) is 16.6. The van der Waals surface area contributed by atoms with Gasteiger partial charge in [0.1, 0.15) is 5.75 Å². The summed E-state index contributed by atoms with van der Waals surface area (Å²) in [6.45, 7) is 3.13. The van der Waals surface area contributed by atoms with Crippen molar-refractivity contribution in [3.05, 3.63) is 65.2 Å². The summed E-state index contributed by atoms with van der Waals surface area (Å²) < 4.78 is 5.33. The number of Topliss-reactive ketones (excluding diaryl/α,β-unsaturated/α-hetero) is 1. The highest BCUT2D eigenvalue weighted by Crippen LogP contribution is 2.44. The van der Waals surface area contributed by atoms with Crippen molar-refractivity contribution < 1.29 is 9.53 Å². The Morgan fingerprint density at radius 3 is 2.54 bits per heavy atom. The van der Waals surface area contributed by atoms with Gasteiger partial charge in [-0.3, -0.25) is 4.79 Å². The Balaban J connectivity index is 1.41. The molecule has 0 bridgehead atoms. The minimum absolute atomic E-state index is 0.150. The van der Waals surface area contributed by atoms with E-state index in [0.29, 0.717) is 5.78 Å². The van der Waals surface area contributed by atoms with E-state index in [0.717, 1.165) is 63.1 Å². The van der Waals surface area contributed by atoms with Crippen molar-refractivity contribution in [2.45, 2.75) is 32.1 Å². The molecular weight excluding hydrogens is 322 g/mol. The molecule has 1 spiro atoms. The highest BCUT2D eigenvalue weighted by Gasteiger charge is 2.44. The van der Waals surface area contributed by atoms with Gasteiger partial charge in [-0.1, -0.05) is 36.4 Å². The largest absolute Gasteiger partial charge is 0.497 e. The van der Waals surface area contributed by atoms with Crippen LogP contribution in [-0.2, 0) is 12.8 Å². The molecule has 0 amide bonds. The van der Waals surface area contributed by atoms with Gasteiger partial charge in [0, 0.05) is 17.5 Å². The Labute approximate surface area is 156 Å². The fourth-order valence-corrected chi connectivity index (χ4v) is 4.50. The molecule has 2 aromatic rings. The van der Waals surface area contributed by atoms with Crippen LogP contribution in [0.1, 0.15) is 40.7 Å². The molecule has 2 aliphatic rings. The summed E-state index contributed by atoms with van der Waals surface area (Å²) in [5.41, 5.74) is 3.33. The molecular formula is C23H27NO2. The van der Waals surface area contributed by atoms with Crippen molar-refractivity contribution in [2.24, 2.45) is 5.41 Å². The minimum Gasteiger partial charge on any atom is -0.497 e. The first-order valence-corrected chi connectivity index (χ1v) is 9.68. The predicted octanol–water partition coefficient (Wildman–Crippen LogP) is 4.15. The number of likely N-dealkylation sites (tertiary alicyclic amines) is 1. The lowest BCUT2D eigenvalue weighted by molar-refractivity contribution is 0.0543. The van der Waals surface area contributed by atoms with Crippen molar-refractivity contribution in [3.8, 4) is 5.75 Å². The zero-order chi connectivity index (χ0) is 18.0. The molecule has 136 valence electrons. The molecule has 0 aromatic heterocycles. The molecule has 1 aliphatic heterocycles. The van der Waals surface area contributed by atoms with E-state index in [9.17, 15) is 4.79 Å². The molecule has 0 atom stereocenters. The van der Waals surface area contributed by atoms with Crippen LogP contribution in [0.5, 0.6) is 5.75 Å². The van der Waals surface area contributed by atoms with Gasteiger partial charge in [0.05, 0.1) is 7.11 Å². The summed E-state index contributed by atoms with van der Waals surface area (Å²) in [7, 11) is 1.66. The summed E-state index contributed by atoms with van der Waals surface area (Å²) >= 11 is 0. The number of nitrogens with zero attached hydrogens (tertiary/aromatic N) is 1. The number of hydrogen-bond donors (Lipinski definition) is 0. The molecule has 1 heterocycles. The van der Waals surface area contributed by atoms with E-state index >= 15 is 0 Å². The van der Waals surface area contributed by atoms with Gasteiger partial charge in [0.15, 0.2) is 5.78 Å². The van der Waals surface area contributed by atoms with Crippen molar-refractivity contribution in [3.63, 3.8) is 0 Å². The average Bonchev–Trinajstić information content (AvgIpc) is 2.71. The first-order valence-electron chi connectivity index (χ1n) is 9.68. The van der Waals surface area contributed by atoms with Gasteiger partial charge in [-0.2, -0.15) is 0 Å². The van der Waals surface area contributed by atoms with Gasteiger partial charge in [0.25, 0.3) is 0 Å². The van der Waals surface area contributed by atoms with Crippen molar-refractivity contribution in [2.75, 3.05) is 26.7 Å². The van der Waals surface area contributed by atoms with Crippen molar-refractivity contribution in [1.82, 2.24) is 4.90 Å². The SMILES string of the molecule is COc1ccc2c(c1)C(=O)C1(CC2)CCN(CCc2ccccc2)CC1. The van der Waals surface area contributed by atoms with Gasteiger partial charge < -0.3 is 9.64 Å². The fraction of sp³-hybridized carbons (Fsp3) is 0.435. The lowest BCUT2D eigenvalue weighted by Crippen LogP contribution is -2.46. The van der Waals surface area contributed by atoms with E-state index < -0.39 is 0 Å². The summed E-state index contributed by atoms with van der Waals surface area (Å²) in [4.78, 5) is 15.8. The number of rotatable bonds is 4. The van der Waals surface area contributed by atoms with Crippen LogP contribution in [0.4, 0.5) is 0 Å². The van der Waals surface area contributed by atoms with Crippen LogP contribution in [0.25, 0.3) is 0 Å². The predicted molar refractivity (Wildman–Crippen MR) is 104 cm³/mol. The van der Waals surface area contributed by atoms with Gasteiger partial charge in [0.2, 0.25) is 0 Å². The number of benzene rings is 2. The molecule has 26 heavy (non-hydrogen) atoms. The molecule has 0 N–H and O–H groups in total. The third kappa shape index (κ3) is 3.28. The maximum Gasteiger partial charge on any atom is 0.169 e. The van der Waals surface area contributed by atoms with Gasteiger partial charge in [-0.05, 0) is 68.5 Å². The Hall–Kier alpha value is -2.13. The van der Waals surface area contributed by atoms with E-state index in [1.54, 1.807) is 7.11 Å². The topological polar surface area (TPSA) is 29.5 Å². The van der Waals surface area contributed by atoms with Crippen LogP contribution < -0.4 is 4.74 Å². The van der Waals surface area contributed by atoms with Crippen LogP contribution in [0, 0.1) is 5.41 Å². The number of piperidine rings is 1. The Bertz CT molecular complexity index is 776. The summed E-state index contributed by atoms with van der Waals surface area (Å²) in [5, 5.41) is 0. The second-order valence-electron chi connectivity index (χ2n) is 7.71. The fourth-order valence-electron chi connectivity index (χ4n) is 4.50. The molecule has 3 nitrogen and oxygen atoms in total. The van der Waals surface area contributed by atoms with Gasteiger partial charge in [-0.15, -0.1) is 0 Å². The molecule has 3 heteroatoms. The Morgan fingerprint density at radius 2 is 1.81 bits per heavy atom. The number of fused-ring (bicyclic) bond motifs is 1. The van der Waals surface area contributed by atoms with E-state index in [4.69, 9.17) is 4.74 Å². The molecule has 4 rings (SSSR count). The number of aryl methyl sites for hydroxylation is 1. The number of methoxy groups -OCH3 is 1. The van der Waals surface area contributed by atoms with E-state index in [2.05, 4.69) is 41.3 Å². The third-order valence-corrected chi connectivity index (χ3v) is 6.29. The first kappa shape index (κ1) is 17.3. The van der Waals surface area contributed by atoms with E-state index in [1.165, 1.54) is 11.1 Å². The minimum atomic E-state index is -0.150. The smallest absolute Gasteiger partial charge is 0.169 e. The van der Waals surface area contributed by atoms with Crippen LogP contribution in [-0.4, -0.2) is 37.4 Å². The number of ketones is 1. The second kappa shape index (κ2) is 7.24. The molecule has 0 saturated carbocycles. The highest BCUT2D eigenvalue weighted by molar-refractivity contribution is 6.03. The zero-order valence-electron chi connectivity index (χ0n) is 15.5. The maximum absolute atomic E-state index is 13.3. The number of ether oxygens (including phenoxy) is 1. The number of carbonyl (C=O) groups excluding carboxylic acids is 1.